The largest absolute Gasteiger partial charge is 0.425 e. The highest BCUT2D eigenvalue weighted by atomic mass is 16.5. The summed E-state index contributed by atoms with van der Waals surface area (Å²) in [5.41, 5.74) is 1.15. The van der Waals surface area contributed by atoms with Crippen molar-refractivity contribution in [1.82, 2.24) is 4.98 Å². The molecule has 0 saturated heterocycles. The molecule has 0 aliphatic heterocycles. The third kappa shape index (κ3) is 2.34. The van der Waals surface area contributed by atoms with Gasteiger partial charge in [-0.2, -0.15) is 0 Å². The molecule has 118 valence electrons. The Hall–Kier alpha value is -3.41. The van der Waals surface area contributed by atoms with Crippen LogP contribution in [-0.4, -0.2) is 10.9 Å². The van der Waals surface area contributed by atoms with Crippen molar-refractivity contribution in [1.29, 1.82) is 0 Å². The van der Waals surface area contributed by atoms with Crippen molar-refractivity contribution in [2.24, 2.45) is 0 Å². The number of benzene rings is 1. The molecule has 0 radical (unpaired) electrons. The van der Waals surface area contributed by atoms with E-state index < -0.39 is 5.91 Å². The van der Waals surface area contributed by atoms with Gasteiger partial charge in [0.05, 0.1) is 5.39 Å². The third-order valence-electron chi connectivity index (χ3n) is 3.66. The van der Waals surface area contributed by atoms with Crippen molar-refractivity contribution >= 4 is 33.9 Å². The van der Waals surface area contributed by atoms with E-state index in [4.69, 9.17) is 8.83 Å². The number of nitrogens with one attached hydrogen (secondary N) is 1. The van der Waals surface area contributed by atoms with Gasteiger partial charge in [-0.15, -0.1) is 0 Å². The molecular formula is C18H12N2O4. The second-order valence-corrected chi connectivity index (χ2v) is 5.41. The van der Waals surface area contributed by atoms with Gasteiger partial charge in [-0.3, -0.25) is 9.59 Å². The van der Waals surface area contributed by atoms with Crippen LogP contribution in [0, 0.1) is 6.92 Å². The molecule has 1 N–H and O–H groups in total. The predicted octanol–water partition coefficient (Wildman–Crippen LogP) is 3.49. The van der Waals surface area contributed by atoms with Gasteiger partial charge in [-0.25, -0.2) is 4.98 Å². The second-order valence-electron chi connectivity index (χ2n) is 5.41. The maximum atomic E-state index is 12.5. The van der Waals surface area contributed by atoms with E-state index in [1.54, 1.807) is 36.5 Å². The van der Waals surface area contributed by atoms with E-state index in [9.17, 15) is 9.59 Å². The lowest BCUT2D eigenvalue weighted by atomic mass is 10.2. The average molecular weight is 320 g/mol. The molecule has 1 amide bonds. The van der Waals surface area contributed by atoms with E-state index in [1.165, 1.54) is 6.07 Å². The molecule has 0 spiro atoms. The average Bonchev–Trinajstić information content (AvgIpc) is 3.00. The molecule has 0 aliphatic rings. The second kappa shape index (κ2) is 5.34. The van der Waals surface area contributed by atoms with E-state index in [2.05, 4.69) is 10.3 Å². The number of furan rings is 1. The molecule has 0 fully saturated rings. The Kier molecular flexibility index (Phi) is 3.16. The highest BCUT2D eigenvalue weighted by Crippen LogP contribution is 2.22. The number of hydrogen-bond donors (Lipinski definition) is 1. The topological polar surface area (TPSA) is 85.3 Å². The third-order valence-corrected chi connectivity index (χ3v) is 3.66. The summed E-state index contributed by atoms with van der Waals surface area (Å²) >= 11 is 0. The summed E-state index contributed by atoms with van der Waals surface area (Å²) in [4.78, 5) is 28.8. The van der Waals surface area contributed by atoms with Crippen LogP contribution in [0.3, 0.4) is 0 Å². The van der Waals surface area contributed by atoms with Crippen LogP contribution in [0.25, 0.3) is 22.1 Å². The fourth-order valence-electron chi connectivity index (χ4n) is 2.49. The number of carbonyl (C=O) groups excluding carboxylic acids is 1. The summed E-state index contributed by atoms with van der Waals surface area (Å²) in [6.45, 7) is 1.90. The van der Waals surface area contributed by atoms with Crippen molar-refractivity contribution in [3.8, 4) is 0 Å². The quantitative estimate of drug-likeness (QED) is 0.611. The Morgan fingerprint density at radius 3 is 2.75 bits per heavy atom. The lowest BCUT2D eigenvalue weighted by Gasteiger charge is -2.02. The number of aromatic nitrogens is 1. The zero-order valence-electron chi connectivity index (χ0n) is 12.7. The maximum Gasteiger partial charge on any atom is 0.302 e. The van der Waals surface area contributed by atoms with E-state index in [0.29, 0.717) is 16.8 Å². The normalized spacial score (nSPS) is 11.0. The Bertz CT molecular complexity index is 1140. The molecule has 0 bridgehead atoms. The highest BCUT2D eigenvalue weighted by molar-refractivity contribution is 6.04. The first-order chi connectivity index (χ1) is 11.6. The summed E-state index contributed by atoms with van der Waals surface area (Å²) in [7, 11) is 0. The SMILES string of the molecule is Cc1ccnc(NC(=O)c2cc3c(=O)c4ccccc4oc3o2)c1. The molecule has 24 heavy (non-hydrogen) atoms. The van der Waals surface area contributed by atoms with Crippen LogP contribution in [0.15, 0.2) is 62.3 Å². The summed E-state index contributed by atoms with van der Waals surface area (Å²) < 4.78 is 11.0. The van der Waals surface area contributed by atoms with E-state index in [1.807, 2.05) is 13.0 Å². The van der Waals surface area contributed by atoms with Gasteiger partial charge < -0.3 is 14.2 Å². The first kappa shape index (κ1) is 14.2. The van der Waals surface area contributed by atoms with Crippen LogP contribution in [0.4, 0.5) is 5.82 Å². The van der Waals surface area contributed by atoms with E-state index >= 15 is 0 Å². The maximum absolute atomic E-state index is 12.5. The van der Waals surface area contributed by atoms with Crippen LogP contribution >= 0.6 is 0 Å². The number of rotatable bonds is 2. The minimum absolute atomic E-state index is 0.00976. The Balaban J connectivity index is 1.77. The number of aryl methyl sites for hydroxylation is 1. The van der Waals surface area contributed by atoms with Crippen LogP contribution in [-0.2, 0) is 0 Å². The molecule has 4 rings (SSSR count). The lowest BCUT2D eigenvalue weighted by Crippen LogP contribution is -2.12. The number of anilines is 1. The minimum Gasteiger partial charge on any atom is -0.425 e. The van der Waals surface area contributed by atoms with Crippen LogP contribution < -0.4 is 10.7 Å². The molecule has 0 unspecified atom stereocenters. The summed E-state index contributed by atoms with van der Waals surface area (Å²) in [6, 6.07) is 11.8. The Morgan fingerprint density at radius 2 is 1.92 bits per heavy atom. The fourth-order valence-corrected chi connectivity index (χ4v) is 2.49. The monoisotopic (exact) mass is 320 g/mol. The number of pyridine rings is 1. The van der Waals surface area contributed by atoms with Crippen molar-refractivity contribution in [3.63, 3.8) is 0 Å². The zero-order valence-corrected chi connectivity index (χ0v) is 12.7. The van der Waals surface area contributed by atoms with Gasteiger partial charge >= 0.3 is 5.78 Å². The molecular weight excluding hydrogens is 308 g/mol. The Labute approximate surface area is 135 Å². The van der Waals surface area contributed by atoms with Gasteiger partial charge in [0, 0.05) is 12.3 Å². The lowest BCUT2D eigenvalue weighted by molar-refractivity contribution is 0.0996. The first-order valence-electron chi connectivity index (χ1n) is 7.31. The molecule has 0 atom stereocenters. The number of hydrogen-bond acceptors (Lipinski definition) is 5. The molecule has 0 aliphatic carbocycles. The van der Waals surface area contributed by atoms with Gasteiger partial charge in [-0.05, 0) is 36.8 Å². The number of fused-ring (bicyclic) bond motifs is 2. The number of para-hydroxylation sites is 1. The summed E-state index contributed by atoms with van der Waals surface area (Å²) in [5.74, 6) is -0.0710. The number of amides is 1. The first-order valence-corrected chi connectivity index (χ1v) is 7.31. The van der Waals surface area contributed by atoms with Crippen molar-refractivity contribution in [2.45, 2.75) is 6.92 Å². The van der Waals surface area contributed by atoms with Gasteiger partial charge in [0.15, 0.2) is 5.76 Å². The van der Waals surface area contributed by atoms with E-state index in [-0.39, 0.29) is 22.4 Å². The molecule has 6 nitrogen and oxygen atoms in total. The smallest absolute Gasteiger partial charge is 0.302 e. The standard InChI is InChI=1S/C18H12N2O4/c1-10-6-7-19-15(8-10)20-17(22)14-9-12-16(21)11-4-2-3-5-13(11)23-18(12)24-14/h2-9H,1H3,(H,19,20,22). The van der Waals surface area contributed by atoms with Crippen LogP contribution in [0.1, 0.15) is 16.1 Å². The summed E-state index contributed by atoms with van der Waals surface area (Å²) in [6.07, 6.45) is 1.60. The minimum atomic E-state index is -0.497. The predicted molar refractivity (Wildman–Crippen MR) is 89.2 cm³/mol. The molecule has 3 heterocycles. The van der Waals surface area contributed by atoms with Crippen molar-refractivity contribution in [3.05, 3.63) is 70.2 Å². The van der Waals surface area contributed by atoms with Crippen molar-refractivity contribution in [2.75, 3.05) is 5.32 Å². The fraction of sp³-hybridized carbons (Fsp3) is 0.0556. The van der Waals surface area contributed by atoms with Crippen LogP contribution in [0.5, 0.6) is 0 Å². The zero-order chi connectivity index (χ0) is 16.7. The number of carbonyl (C=O) groups is 1. The molecule has 1 aromatic carbocycles. The molecule has 6 heteroatoms. The van der Waals surface area contributed by atoms with Gasteiger partial charge in [0.1, 0.15) is 16.8 Å². The van der Waals surface area contributed by atoms with Crippen molar-refractivity contribution < 1.29 is 13.6 Å². The molecule has 3 aromatic heterocycles. The highest BCUT2D eigenvalue weighted by Gasteiger charge is 2.18. The number of nitrogens with zero attached hydrogens (tertiary/aromatic N) is 1. The Morgan fingerprint density at radius 1 is 1.08 bits per heavy atom. The van der Waals surface area contributed by atoms with Gasteiger partial charge in [0.25, 0.3) is 5.91 Å². The van der Waals surface area contributed by atoms with Gasteiger partial charge in [0.2, 0.25) is 5.43 Å². The molecule has 0 saturated carbocycles. The van der Waals surface area contributed by atoms with Gasteiger partial charge in [-0.1, -0.05) is 12.1 Å². The van der Waals surface area contributed by atoms with Crippen LogP contribution in [0.2, 0.25) is 0 Å². The van der Waals surface area contributed by atoms with E-state index in [0.717, 1.165) is 5.56 Å². The molecule has 4 aromatic rings. The summed E-state index contributed by atoms with van der Waals surface area (Å²) in [5, 5.41) is 3.31.